The van der Waals surface area contributed by atoms with Crippen molar-refractivity contribution >= 4 is 23.3 Å². The van der Waals surface area contributed by atoms with E-state index in [1.807, 2.05) is 0 Å². The van der Waals surface area contributed by atoms with Gasteiger partial charge in [-0.25, -0.2) is 14.8 Å². The maximum Gasteiger partial charge on any atom is 0.339 e. The molecule has 0 bridgehead atoms. The molecule has 0 fully saturated rings. The zero-order chi connectivity index (χ0) is 13.1. The van der Waals surface area contributed by atoms with E-state index in [0.717, 1.165) is 17.0 Å². The fourth-order valence-corrected chi connectivity index (χ4v) is 1.92. The molecule has 0 amide bonds. The lowest BCUT2D eigenvalue weighted by atomic mass is 10.2. The smallest absolute Gasteiger partial charge is 0.339 e. The van der Waals surface area contributed by atoms with Gasteiger partial charge in [-0.2, -0.15) is 0 Å². The number of anilines is 1. The van der Waals surface area contributed by atoms with Crippen LogP contribution in [0.5, 0.6) is 0 Å². The van der Waals surface area contributed by atoms with Gasteiger partial charge in [-0.3, -0.25) is 4.79 Å². The zero-order valence-electron chi connectivity index (χ0n) is 9.43. The number of carboxylic acid groups (broad SMARTS) is 1. The molecule has 2 aromatic heterocycles. The normalized spacial score (nSPS) is 10.3. The van der Waals surface area contributed by atoms with Crippen molar-refractivity contribution in [3.63, 3.8) is 0 Å². The number of rotatable bonds is 4. The van der Waals surface area contributed by atoms with Crippen molar-refractivity contribution in [1.82, 2.24) is 15.0 Å². The first kappa shape index (κ1) is 12.2. The van der Waals surface area contributed by atoms with Gasteiger partial charge in [0.2, 0.25) is 5.95 Å². The molecule has 0 aromatic carbocycles. The topological polar surface area (TPSA) is 108 Å². The van der Waals surface area contributed by atoms with E-state index in [9.17, 15) is 9.59 Å². The van der Waals surface area contributed by atoms with E-state index in [0.29, 0.717) is 18.2 Å². The average Bonchev–Trinajstić information content (AvgIpc) is 2.72. The maximum absolute atomic E-state index is 10.9. The number of carboxylic acids is 1. The second-order valence-corrected chi connectivity index (χ2v) is 4.37. The van der Waals surface area contributed by atoms with Crippen molar-refractivity contribution in [2.75, 3.05) is 5.32 Å². The van der Waals surface area contributed by atoms with Crippen molar-refractivity contribution < 1.29 is 9.90 Å². The molecule has 0 unspecified atom stereocenters. The Morgan fingerprint density at radius 1 is 1.61 bits per heavy atom. The minimum Gasteiger partial charge on any atom is -0.478 e. The molecule has 2 heterocycles. The van der Waals surface area contributed by atoms with E-state index >= 15 is 0 Å². The van der Waals surface area contributed by atoms with Crippen molar-refractivity contribution in [1.29, 1.82) is 0 Å². The number of thiazole rings is 1. The summed E-state index contributed by atoms with van der Waals surface area (Å²) in [5.74, 6) is -0.731. The molecule has 2 aromatic rings. The number of hydrogen-bond acceptors (Lipinski definition) is 6. The minimum atomic E-state index is -1.05. The summed E-state index contributed by atoms with van der Waals surface area (Å²) in [6, 6.07) is 0. The van der Waals surface area contributed by atoms with Gasteiger partial charge < -0.3 is 15.4 Å². The minimum absolute atomic E-state index is 0.0736. The SMILES string of the molecule is Cc1nc(NCc2csc(=O)[nH]2)ncc1C(=O)O. The highest BCUT2D eigenvalue weighted by atomic mass is 32.1. The standard InChI is InChI=1S/C10H10N4O3S/c1-5-7(8(15)16)3-12-9(13-5)11-2-6-4-18-10(17)14-6/h3-4H,2H2,1H3,(H,14,17)(H,15,16)(H,11,12,13). The highest BCUT2D eigenvalue weighted by Crippen LogP contribution is 2.08. The molecule has 0 aliphatic rings. The van der Waals surface area contributed by atoms with Crippen LogP contribution >= 0.6 is 11.3 Å². The Bertz CT molecular complexity index is 634. The van der Waals surface area contributed by atoms with Gasteiger partial charge in [0.15, 0.2) is 0 Å². The van der Waals surface area contributed by atoms with Crippen LogP contribution in [0.4, 0.5) is 5.95 Å². The number of hydrogen-bond donors (Lipinski definition) is 3. The summed E-state index contributed by atoms with van der Waals surface area (Å²) in [6.07, 6.45) is 1.25. The first-order chi connectivity index (χ1) is 8.56. The molecule has 0 aliphatic heterocycles. The third kappa shape index (κ3) is 2.72. The van der Waals surface area contributed by atoms with Gasteiger partial charge >= 0.3 is 10.8 Å². The number of nitrogens with zero attached hydrogens (tertiary/aromatic N) is 2. The predicted molar refractivity (Wildman–Crippen MR) is 66.0 cm³/mol. The summed E-state index contributed by atoms with van der Waals surface area (Å²) in [5, 5.41) is 13.4. The number of nitrogens with one attached hydrogen (secondary N) is 2. The number of H-pyrrole nitrogens is 1. The lowest BCUT2D eigenvalue weighted by Gasteiger charge is -2.05. The average molecular weight is 266 g/mol. The van der Waals surface area contributed by atoms with Crippen molar-refractivity contribution in [3.8, 4) is 0 Å². The van der Waals surface area contributed by atoms with E-state index in [2.05, 4.69) is 20.3 Å². The van der Waals surface area contributed by atoms with Crippen LogP contribution < -0.4 is 10.2 Å². The molecule has 94 valence electrons. The quantitative estimate of drug-likeness (QED) is 0.757. The molecule has 0 radical (unpaired) electrons. The Morgan fingerprint density at radius 3 is 2.94 bits per heavy atom. The molecule has 2 rings (SSSR count). The molecule has 0 saturated heterocycles. The molecule has 0 aliphatic carbocycles. The first-order valence-corrected chi connectivity index (χ1v) is 5.91. The number of carbonyl (C=O) groups is 1. The van der Waals surface area contributed by atoms with Crippen LogP contribution in [0.2, 0.25) is 0 Å². The third-order valence-corrected chi connectivity index (χ3v) is 2.94. The van der Waals surface area contributed by atoms with Gasteiger partial charge in [-0.1, -0.05) is 11.3 Å². The lowest BCUT2D eigenvalue weighted by molar-refractivity contribution is 0.0695. The Labute approximate surface area is 106 Å². The zero-order valence-corrected chi connectivity index (χ0v) is 10.2. The van der Waals surface area contributed by atoms with Crippen molar-refractivity contribution in [3.05, 3.63) is 38.2 Å². The van der Waals surface area contributed by atoms with Gasteiger partial charge in [0.25, 0.3) is 0 Å². The molecule has 18 heavy (non-hydrogen) atoms. The number of aromatic carboxylic acids is 1. The Morgan fingerprint density at radius 2 is 2.39 bits per heavy atom. The van der Waals surface area contributed by atoms with Crippen LogP contribution in [-0.4, -0.2) is 26.0 Å². The largest absolute Gasteiger partial charge is 0.478 e. The molecule has 8 heteroatoms. The van der Waals surface area contributed by atoms with E-state index in [-0.39, 0.29) is 10.4 Å². The van der Waals surface area contributed by atoms with Crippen LogP contribution in [0, 0.1) is 6.92 Å². The summed E-state index contributed by atoms with van der Waals surface area (Å²) >= 11 is 1.08. The van der Waals surface area contributed by atoms with Crippen LogP contribution in [-0.2, 0) is 6.54 Å². The second kappa shape index (κ2) is 4.96. The lowest BCUT2D eigenvalue weighted by Crippen LogP contribution is -2.09. The van der Waals surface area contributed by atoms with Crippen LogP contribution in [0.15, 0.2) is 16.4 Å². The van der Waals surface area contributed by atoms with Crippen molar-refractivity contribution in [2.45, 2.75) is 13.5 Å². The van der Waals surface area contributed by atoms with E-state index in [4.69, 9.17) is 5.11 Å². The predicted octanol–water partition coefficient (Wildman–Crippen LogP) is 0.845. The van der Waals surface area contributed by atoms with Crippen LogP contribution in [0.25, 0.3) is 0 Å². The van der Waals surface area contributed by atoms with E-state index in [1.54, 1.807) is 12.3 Å². The van der Waals surface area contributed by atoms with Gasteiger partial charge in [0.05, 0.1) is 17.8 Å². The highest BCUT2D eigenvalue weighted by molar-refractivity contribution is 7.07. The van der Waals surface area contributed by atoms with Crippen molar-refractivity contribution in [2.24, 2.45) is 0 Å². The molecule has 0 atom stereocenters. The number of aromatic nitrogens is 3. The Kier molecular flexibility index (Phi) is 3.38. The van der Waals surface area contributed by atoms with Gasteiger partial charge in [0.1, 0.15) is 0 Å². The van der Waals surface area contributed by atoms with Gasteiger partial charge in [-0.15, -0.1) is 0 Å². The summed E-state index contributed by atoms with van der Waals surface area (Å²) in [6.45, 7) is 1.98. The highest BCUT2D eigenvalue weighted by Gasteiger charge is 2.09. The van der Waals surface area contributed by atoms with Gasteiger partial charge in [-0.05, 0) is 6.92 Å². The molecular weight excluding hydrogens is 256 g/mol. The van der Waals surface area contributed by atoms with Crippen LogP contribution in [0.3, 0.4) is 0 Å². The molecular formula is C10H10N4O3S. The molecule has 3 N–H and O–H groups in total. The molecule has 7 nitrogen and oxygen atoms in total. The molecule has 0 saturated carbocycles. The Hall–Kier alpha value is -2.22. The first-order valence-electron chi connectivity index (χ1n) is 5.04. The van der Waals surface area contributed by atoms with E-state index < -0.39 is 5.97 Å². The fraction of sp³-hybridized carbons (Fsp3) is 0.200. The van der Waals surface area contributed by atoms with E-state index in [1.165, 1.54) is 6.20 Å². The molecule has 0 spiro atoms. The second-order valence-electron chi connectivity index (χ2n) is 3.52. The summed E-state index contributed by atoms with van der Waals surface area (Å²) < 4.78 is 0. The summed E-state index contributed by atoms with van der Waals surface area (Å²) in [4.78, 5) is 32.1. The number of aryl methyl sites for hydroxylation is 1. The van der Waals surface area contributed by atoms with Gasteiger partial charge in [0, 0.05) is 17.3 Å². The summed E-state index contributed by atoms with van der Waals surface area (Å²) in [5.41, 5.74) is 1.19. The maximum atomic E-state index is 10.9. The summed E-state index contributed by atoms with van der Waals surface area (Å²) in [7, 11) is 0. The third-order valence-electron chi connectivity index (χ3n) is 2.22. The Balaban J connectivity index is 2.08. The monoisotopic (exact) mass is 266 g/mol. The fourth-order valence-electron chi connectivity index (χ4n) is 1.34. The number of aromatic amines is 1. The van der Waals surface area contributed by atoms with Crippen LogP contribution in [0.1, 0.15) is 21.7 Å².